The molecule has 0 unspecified atom stereocenters. The maximum absolute atomic E-state index is 11.4. The second kappa shape index (κ2) is 10.8. The van der Waals surface area contributed by atoms with E-state index in [4.69, 9.17) is 0 Å². The highest BCUT2D eigenvalue weighted by Gasteiger charge is 2.06. The smallest absolute Gasteiger partial charge is 0.133 e. The van der Waals surface area contributed by atoms with E-state index in [9.17, 15) is 9.59 Å². The van der Waals surface area contributed by atoms with Crippen LogP contribution < -0.4 is 0 Å². The average Bonchev–Trinajstić information content (AvgIpc) is 2.27. The normalized spacial score (nSPS) is 10.4. The zero-order valence-corrected chi connectivity index (χ0v) is 10.9. The zero-order chi connectivity index (χ0) is 12.2. The zero-order valence-electron chi connectivity index (χ0n) is 10.9. The molecule has 0 N–H and O–H groups in total. The molecule has 0 aliphatic carbocycles. The number of hydrogen-bond donors (Lipinski definition) is 0. The molecular formula is C14H26O2. The molecule has 0 aromatic rings. The number of hydrogen-bond acceptors (Lipinski definition) is 2. The fourth-order valence-electron chi connectivity index (χ4n) is 1.67. The van der Waals surface area contributed by atoms with Crippen molar-refractivity contribution in [1.82, 2.24) is 0 Å². The van der Waals surface area contributed by atoms with Crippen LogP contribution >= 0.6 is 0 Å². The summed E-state index contributed by atoms with van der Waals surface area (Å²) in [5.74, 6) is 0.523. The lowest BCUT2D eigenvalue weighted by Crippen LogP contribution is -2.04. The third-order valence-electron chi connectivity index (χ3n) is 2.80. The van der Waals surface area contributed by atoms with Crippen molar-refractivity contribution in [3.05, 3.63) is 0 Å². The quantitative estimate of drug-likeness (QED) is 0.498. The Labute approximate surface area is 99.8 Å². The molecule has 0 spiro atoms. The average molecular weight is 226 g/mol. The van der Waals surface area contributed by atoms with E-state index in [0.717, 1.165) is 38.5 Å². The second-order valence-electron chi connectivity index (χ2n) is 4.49. The van der Waals surface area contributed by atoms with Gasteiger partial charge in [0.2, 0.25) is 0 Å². The summed E-state index contributed by atoms with van der Waals surface area (Å²) in [5.41, 5.74) is 0. The topological polar surface area (TPSA) is 34.1 Å². The third-order valence-corrected chi connectivity index (χ3v) is 2.80. The molecule has 0 aliphatic heterocycles. The molecule has 16 heavy (non-hydrogen) atoms. The number of unbranched alkanes of at least 4 members (excludes halogenated alkanes) is 4. The van der Waals surface area contributed by atoms with Gasteiger partial charge in [-0.2, -0.15) is 0 Å². The summed E-state index contributed by atoms with van der Waals surface area (Å²) in [5, 5.41) is 0. The molecule has 94 valence electrons. The minimum absolute atomic E-state index is 0.261. The van der Waals surface area contributed by atoms with Gasteiger partial charge < -0.3 is 0 Å². The van der Waals surface area contributed by atoms with Gasteiger partial charge in [-0.05, 0) is 12.8 Å². The van der Waals surface area contributed by atoms with Gasteiger partial charge in [0, 0.05) is 25.7 Å². The van der Waals surface area contributed by atoms with Crippen LogP contribution in [0.15, 0.2) is 0 Å². The fraction of sp³-hybridized carbons (Fsp3) is 0.857. The van der Waals surface area contributed by atoms with Crippen molar-refractivity contribution in [3.8, 4) is 0 Å². The van der Waals surface area contributed by atoms with Crippen molar-refractivity contribution < 1.29 is 9.59 Å². The van der Waals surface area contributed by atoms with Gasteiger partial charge in [-0.25, -0.2) is 0 Å². The van der Waals surface area contributed by atoms with E-state index < -0.39 is 0 Å². The van der Waals surface area contributed by atoms with Crippen molar-refractivity contribution in [2.24, 2.45) is 0 Å². The lowest BCUT2D eigenvalue weighted by Gasteiger charge is -2.01. The Morgan fingerprint density at radius 3 is 1.31 bits per heavy atom. The molecule has 0 atom stereocenters. The van der Waals surface area contributed by atoms with Gasteiger partial charge in [-0.3, -0.25) is 9.59 Å². The van der Waals surface area contributed by atoms with Crippen molar-refractivity contribution in [1.29, 1.82) is 0 Å². The molecule has 2 nitrogen and oxygen atoms in total. The molecule has 0 aliphatic rings. The number of rotatable bonds is 11. The van der Waals surface area contributed by atoms with Gasteiger partial charge in [0.25, 0.3) is 0 Å². The summed E-state index contributed by atoms with van der Waals surface area (Å²) < 4.78 is 0. The first-order valence-corrected chi connectivity index (χ1v) is 6.74. The summed E-state index contributed by atoms with van der Waals surface area (Å²) >= 11 is 0. The van der Waals surface area contributed by atoms with Gasteiger partial charge in [-0.15, -0.1) is 0 Å². The molecule has 0 saturated carbocycles. The van der Waals surface area contributed by atoms with Crippen LogP contribution in [0.1, 0.15) is 78.1 Å². The Kier molecular flexibility index (Phi) is 10.4. The summed E-state index contributed by atoms with van der Waals surface area (Å²) in [4.78, 5) is 22.8. The van der Waals surface area contributed by atoms with E-state index in [2.05, 4.69) is 13.8 Å². The van der Waals surface area contributed by atoms with E-state index in [0.29, 0.717) is 25.7 Å². The van der Waals surface area contributed by atoms with Crippen LogP contribution in [0.2, 0.25) is 0 Å². The summed E-state index contributed by atoms with van der Waals surface area (Å²) in [6, 6.07) is 0. The van der Waals surface area contributed by atoms with Gasteiger partial charge >= 0.3 is 0 Å². The highest BCUT2D eigenvalue weighted by Crippen LogP contribution is 2.07. The monoisotopic (exact) mass is 226 g/mol. The fourth-order valence-corrected chi connectivity index (χ4v) is 1.67. The Hall–Kier alpha value is -0.660. The van der Waals surface area contributed by atoms with Crippen LogP contribution in [0.25, 0.3) is 0 Å². The Morgan fingerprint density at radius 2 is 1.00 bits per heavy atom. The van der Waals surface area contributed by atoms with Crippen LogP contribution in [-0.2, 0) is 9.59 Å². The standard InChI is InChI=1S/C14H26O2/c1-3-5-7-9-13(15)11-12-14(16)10-8-6-4-2/h3-12H2,1-2H3. The minimum atomic E-state index is 0.261. The first-order valence-electron chi connectivity index (χ1n) is 6.74. The van der Waals surface area contributed by atoms with E-state index in [1.54, 1.807) is 0 Å². The molecule has 0 rings (SSSR count). The third kappa shape index (κ3) is 9.88. The number of Topliss-reactive ketones (excluding diaryl/α,β-unsaturated/α-hetero) is 2. The molecule has 0 bridgehead atoms. The Morgan fingerprint density at radius 1 is 0.625 bits per heavy atom. The van der Waals surface area contributed by atoms with Crippen molar-refractivity contribution in [2.45, 2.75) is 78.1 Å². The van der Waals surface area contributed by atoms with Crippen LogP contribution in [0.3, 0.4) is 0 Å². The largest absolute Gasteiger partial charge is 0.300 e. The minimum Gasteiger partial charge on any atom is -0.300 e. The van der Waals surface area contributed by atoms with Gasteiger partial charge in [-0.1, -0.05) is 39.5 Å². The maximum Gasteiger partial charge on any atom is 0.133 e. The second-order valence-corrected chi connectivity index (χ2v) is 4.49. The van der Waals surface area contributed by atoms with Crippen molar-refractivity contribution in [2.75, 3.05) is 0 Å². The van der Waals surface area contributed by atoms with Gasteiger partial charge in [0.15, 0.2) is 0 Å². The summed E-state index contributed by atoms with van der Waals surface area (Å²) in [7, 11) is 0. The van der Waals surface area contributed by atoms with Gasteiger partial charge in [0.05, 0.1) is 0 Å². The molecule has 2 heteroatoms. The predicted molar refractivity (Wildman–Crippen MR) is 67.5 cm³/mol. The van der Waals surface area contributed by atoms with Crippen LogP contribution in [0.5, 0.6) is 0 Å². The molecule has 0 aromatic heterocycles. The van der Waals surface area contributed by atoms with Crippen LogP contribution in [-0.4, -0.2) is 11.6 Å². The maximum atomic E-state index is 11.4. The van der Waals surface area contributed by atoms with E-state index in [-0.39, 0.29) is 11.6 Å². The molecular weight excluding hydrogens is 200 g/mol. The molecule has 0 saturated heterocycles. The summed E-state index contributed by atoms with van der Waals surface area (Å²) in [6.07, 6.45) is 8.76. The predicted octanol–water partition coefficient (Wildman–Crippen LogP) is 4.07. The van der Waals surface area contributed by atoms with Crippen molar-refractivity contribution in [3.63, 3.8) is 0 Å². The lowest BCUT2D eigenvalue weighted by molar-refractivity contribution is -0.124. The first-order chi connectivity index (χ1) is 7.70. The molecule has 0 radical (unpaired) electrons. The molecule has 0 fully saturated rings. The number of ketones is 2. The van der Waals surface area contributed by atoms with E-state index in [1.807, 2.05) is 0 Å². The molecule has 0 amide bonds. The molecule has 0 heterocycles. The number of carbonyl (C=O) groups is 2. The summed E-state index contributed by atoms with van der Waals surface area (Å²) in [6.45, 7) is 4.25. The van der Waals surface area contributed by atoms with Crippen LogP contribution in [0, 0.1) is 0 Å². The molecule has 0 aromatic carbocycles. The Balaban J connectivity index is 3.40. The van der Waals surface area contributed by atoms with E-state index in [1.165, 1.54) is 0 Å². The lowest BCUT2D eigenvalue weighted by atomic mass is 10.0. The highest BCUT2D eigenvalue weighted by molar-refractivity contribution is 5.85. The van der Waals surface area contributed by atoms with Crippen molar-refractivity contribution >= 4 is 11.6 Å². The van der Waals surface area contributed by atoms with Gasteiger partial charge in [0.1, 0.15) is 11.6 Å². The highest BCUT2D eigenvalue weighted by atomic mass is 16.1. The first kappa shape index (κ1) is 15.3. The van der Waals surface area contributed by atoms with E-state index >= 15 is 0 Å². The number of carbonyl (C=O) groups excluding carboxylic acids is 2. The van der Waals surface area contributed by atoms with Crippen LogP contribution in [0.4, 0.5) is 0 Å². The Bertz CT molecular complexity index is 175. The SMILES string of the molecule is CCCCCC(=O)CCC(=O)CCCCC.